The molecule has 0 bridgehead atoms. The number of nitrogens with one attached hydrogen (secondary N) is 2. The average Bonchev–Trinajstić information content (AvgIpc) is 2.94. The van der Waals surface area contributed by atoms with Crippen molar-refractivity contribution >= 4 is 45.1 Å². The zero-order valence-corrected chi connectivity index (χ0v) is 31.0. The fourth-order valence-electron chi connectivity index (χ4n) is 7.06. The summed E-state index contributed by atoms with van der Waals surface area (Å²) in [5.74, 6) is 3.61. The van der Waals surface area contributed by atoms with Crippen LogP contribution in [0.4, 0.5) is 15.8 Å². The van der Waals surface area contributed by atoms with Crippen molar-refractivity contribution in [2.24, 2.45) is 47.3 Å². The zero-order valence-electron chi connectivity index (χ0n) is 28.2. The molecular weight excluding hydrogens is 641 g/mol. The number of carbonyl (C=O) groups is 2. The second kappa shape index (κ2) is 15.9. The Morgan fingerprint density at radius 3 is 1.40 bits per heavy atom. The van der Waals surface area contributed by atoms with E-state index in [0.29, 0.717) is 41.2 Å². The van der Waals surface area contributed by atoms with Crippen molar-refractivity contribution < 1.29 is 14.0 Å². The standard InChI is InChI=1S/C17H24FNO.C17H24NO.3CH3.Sn/c1-11(2)15-9-4-12(3)10-16(15)17(20)19-14-7-5-13(18)6-8-14;1-12(2)15-10-9-13(3)11-16(15)17(19)18-14-7-5-4-6-8-14;;;;/h5-8,11-12,15-16H,4,9-10H2,1-3H3,(H,19,20);5-8,12-13,15-16H,9-11H2,1-3H3,(H,18,19);3*1H3;/i18-1;;;;;. The minimum absolute atomic E-state index is 0.0730. The molecule has 2 aromatic rings. The van der Waals surface area contributed by atoms with Gasteiger partial charge in [0, 0.05) is 11.6 Å². The first-order valence-corrected chi connectivity index (χ1v) is 26.6. The van der Waals surface area contributed by atoms with Gasteiger partial charge in [0.05, 0.1) is 0 Å². The van der Waals surface area contributed by atoms with E-state index in [-0.39, 0.29) is 29.5 Å². The molecule has 2 fully saturated rings. The molecule has 0 saturated heterocycles. The van der Waals surface area contributed by atoms with E-state index in [9.17, 15) is 14.0 Å². The van der Waals surface area contributed by atoms with Gasteiger partial charge in [-0.15, -0.1) is 0 Å². The summed E-state index contributed by atoms with van der Waals surface area (Å²) < 4.78 is 14.4. The van der Waals surface area contributed by atoms with Crippen LogP contribution < -0.4 is 14.2 Å². The molecular formula is C37H57FN2O2Sn. The first-order valence-electron chi connectivity index (χ1n) is 16.6. The molecule has 2 amide bonds. The molecule has 238 valence electrons. The Hall–Kier alpha value is -1.89. The first kappa shape index (κ1) is 35.6. The van der Waals surface area contributed by atoms with E-state index in [1.165, 1.54) is 35.0 Å². The monoisotopic (exact) mass is 699 g/mol. The molecule has 4 nitrogen and oxygen atoms in total. The molecule has 6 atom stereocenters. The third kappa shape index (κ3) is 10.6. The number of carbonyl (C=O) groups excluding carboxylic acids is 2. The molecule has 4 rings (SSSR count). The fraction of sp³-hybridized carbons (Fsp3) is 0.622. The van der Waals surface area contributed by atoms with E-state index in [2.05, 4.69) is 91.3 Å². The molecule has 2 aromatic carbocycles. The van der Waals surface area contributed by atoms with Gasteiger partial charge < -0.3 is 5.32 Å². The van der Waals surface area contributed by atoms with Crippen molar-refractivity contribution in [3.05, 3.63) is 54.3 Å². The van der Waals surface area contributed by atoms with Gasteiger partial charge in [0.25, 0.3) is 0 Å². The fourth-order valence-corrected chi connectivity index (χ4v) is 10.4. The molecule has 2 aliphatic carbocycles. The maximum absolute atomic E-state index is 12.9. The smallest absolute Gasteiger partial charge is 0.227 e. The van der Waals surface area contributed by atoms with Gasteiger partial charge in [0.2, 0.25) is 5.91 Å². The minimum atomic E-state index is -2.00. The van der Waals surface area contributed by atoms with Crippen molar-refractivity contribution in [3.63, 3.8) is 0 Å². The van der Waals surface area contributed by atoms with E-state index in [1.54, 1.807) is 12.1 Å². The maximum Gasteiger partial charge on any atom is 0.227 e. The molecule has 2 N–H and O–H groups in total. The van der Waals surface area contributed by atoms with Crippen LogP contribution in [0.2, 0.25) is 14.8 Å². The van der Waals surface area contributed by atoms with Crippen molar-refractivity contribution in [3.8, 4) is 0 Å². The van der Waals surface area contributed by atoms with Crippen molar-refractivity contribution in [1.29, 1.82) is 0 Å². The quantitative estimate of drug-likeness (QED) is 0.283. The van der Waals surface area contributed by atoms with Crippen LogP contribution in [-0.4, -0.2) is 30.2 Å². The van der Waals surface area contributed by atoms with Gasteiger partial charge in [0.1, 0.15) is 5.82 Å². The molecule has 2 aliphatic rings. The Morgan fingerprint density at radius 1 is 0.674 bits per heavy atom. The summed E-state index contributed by atoms with van der Waals surface area (Å²) in [4.78, 5) is 32.6. The van der Waals surface area contributed by atoms with Crippen LogP contribution in [0, 0.1) is 53.2 Å². The number of rotatable bonds is 7. The summed E-state index contributed by atoms with van der Waals surface area (Å²) in [5, 5.41) is 6.12. The molecule has 0 spiro atoms. The predicted molar refractivity (Wildman–Crippen MR) is 183 cm³/mol. The van der Waals surface area contributed by atoms with Gasteiger partial charge >= 0.3 is 146 Å². The Morgan fingerprint density at radius 2 is 1.05 bits per heavy atom. The van der Waals surface area contributed by atoms with Gasteiger partial charge in [0.15, 0.2) is 0 Å². The molecule has 0 aromatic heterocycles. The van der Waals surface area contributed by atoms with Crippen LogP contribution in [0.5, 0.6) is 0 Å². The van der Waals surface area contributed by atoms with E-state index in [1.807, 2.05) is 0 Å². The molecule has 6 unspecified atom stereocenters. The van der Waals surface area contributed by atoms with Crippen LogP contribution >= 0.6 is 0 Å². The third-order valence-electron chi connectivity index (χ3n) is 9.85. The van der Waals surface area contributed by atoms with E-state index in [4.69, 9.17) is 0 Å². The largest absolute Gasteiger partial charge is 0.326 e. The number of benzene rings is 2. The summed E-state index contributed by atoms with van der Waals surface area (Å²) in [6.07, 6.45) is 6.78. The van der Waals surface area contributed by atoms with Gasteiger partial charge in [-0.25, -0.2) is 4.39 Å². The number of amides is 2. The van der Waals surface area contributed by atoms with Crippen molar-refractivity contribution in [2.45, 2.75) is 94.9 Å². The molecule has 0 aliphatic heterocycles. The molecule has 2 saturated carbocycles. The molecule has 0 heterocycles. The van der Waals surface area contributed by atoms with Gasteiger partial charge in [-0.05, 0) is 54.9 Å². The Balaban J connectivity index is 0.000000238. The van der Waals surface area contributed by atoms with Gasteiger partial charge in [-0.3, -0.25) is 4.79 Å². The number of hydrogen-bond donors (Lipinski definition) is 2. The summed E-state index contributed by atoms with van der Waals surface area (Å²) >= 11 is -2.00. The summed E-state index contributed by atoms with van der Waals surface area (Å²) in [5.41, 5.74) is 1.63. The maximum atomic E-state index is 12.9. The minimum Gasteiger partial charge on any atom is -0.326 e. The van der Waals surface area contributed by atoms with Crippen molar-refractivity contribution in [2.75, 3.05) is 10.6 Å². The second-order valence-corrected chi connectivity index (χ2v) is 29.7. The van der Waals surface area contributed by atoms with Crippen LogP contribution in [0.3, 0.4) is 0 Å². The number of hydrogen-bond acceptors (Lipinski definition) is 2. The van der Waals surface area contributed by atoms with Gasteiger partial charge in [-0.2, -0.15) is 0 Å². The Kier molecular flexibility index (Phi) is 13.2. The third-order valence-corrected chi connectivity index (χ3v) is 15.7. The van der Waals surface area contributed by atoms with Crippen LogP contribution in [-0.2, 0) is 9.59 Å². The van der Waals surface area contributed by atoms with E-state index in [0.717, 1.165) is 24.9 Å². The van der Waals surface area contributed by atoms with Crippen LogP contribution in [0.25, 0.3) is 0 Å². The van der Waals surface area contributed by atoms with Crippen LogP contribution in [0.1, 0.15) is 80.1 Å². The zero-order chi connectivity index (χ0) is 31.9. The number of halogens is 1. The molecule has 0 radical (unpaired) electrons. The molecule has 6 heteroatoms. The predicted octanol–water partition coefficient (Wildman–Crippen LogP) is 9.35. The van der Waals surface area contributed by atoms with Crippen molar-refractivity contribution in [1.82, 2.24) is 0 Å². The summed E-state index contributed by atoms with van der Waals surface area (Å²) in [6, 6.07) is 14.6. The topological polar surface area (TPSA) is 58.2 Å². The second-order valence-electron chi connectivity index (χ2n) is 15.2. The average molecular weight is 699 g/mol. The van der Waals surface area contributed by atoms with Crippen LogP contribution in [0.15, 0.2) is 48.5 Å². The van der Waals surface area contributed by atoms with Gasteiger partial charge in [-0.1, -0.05) is 27.2 Å². The summed E-state index contributed by atoms with van der Waals surface area (Å²) in [7, 11) is 0. The van der Waals surface area contributed by atoms with E-state index < -0.39 is 18.4 Å². The molecule has 43 heavy (non-hydrogen) atoms. The Bertz CT molecular complexity index is 1170. The summed E-state index contributed by atoms with van der Waals surface area (Å²) in [6.45, 7) is 13.4. The number of anilines is 2. The van der Waals surface area contributed by atoms with E-state index >= 15 is 0 Å². The SMILES string of the molecule is CC1CCC(C(C)C)C(C(=O)Nc2cc[c]([Sn]([CH3])([CH3])[CH3])cc2)C1.CC1CCC(C(C)C)C(C(=O)Nc2ccc([18F])cc2)C1. The first-order chi connectivity index (χ1) is 20.1. The Labute approximate surface area is 265 Å². The normalized spacial score (nSPS) is 26.0.